The van der Waals surface area contributed by atoms with Crippen LogP contribution in [0.15, 0.2) is 107 Å². The highest BCUT2D eigenvalue weighted by Crippen LogP contribution is 2.25. The summed E-state index contributed by atoms with van der Waals surface area (Å²) in [7, 11) is 3.43. The fourth-order valence-corrected chi connectivity index (χ4v) is 3.47. The van der Waals surface area contributed by atoms with E-state index in [0.717, 1.165) is 11.4 Å². The molecule has 0 radical (unpaired) electrons. The van der Waals surface area contributed by atoms with Gasteiger partial charge in [-0.25, -0.2) is 0 Å². The number of azo groups is 1. The Balaban J connectivity index is 1.39. The molecule has 180 valence electrons. The Morgan fingerprint density at radius 3 is 1.14 bits per heavy atom. The summed E-state index contributed by atoms with van der Waals surface area (Å²) in [5, 5.41) is 8.54. The molecule has 0 saturated heterocycles. The molecule has 0 aromatic heterocycles. The molecule has 8 heteroatoms. The average Bonchev–Trinajstić information content (AvgIpc) is 2.92. The molecule has 0 aliphatic rings. The van der Waals surface area contributed by atoms with E-state index in [4.69, 9.17) is 11.5 Å². The van der Waals surface area contributed by atoms with E-state index in [-0.39, 0.29) is 11.8 Å². The predicted molar refractivity (Wildman–Crippen MR) is 144 cm³/mol. The summed E-state index contributed by atoms with van der Waals surface area (Å²) in [5.74, 6) is -0.270. The van der Waals surface area contributed by atoms with Gasteiger partial charge in [-0.1, -0.05) is 0 Å². The first-order chi connectivity index (χ1) is 17.3. The molecule has 4 aromatic carbocycles. The molecule has 4 N–H and O–H groups in total. The van der Waals surface area contributed by atoms with E-state index in [0.29, 0.717) is 33.9 Å². The highest BCUT2D eigenvalue weighted by Gasteiger charge is 2.14. The smallest absolute Gasteiger partial charge is 0.258 e. The van der Waals surface area contributed by atoms with E-state index in [9.17, 15) is 9.59 Å². The van der Waals surface area contributed by atoms with Crippen LogP contribution in [0.2, 0.25) is 0 Å². The van der Waals surface area contributed by atoms with E-state index in [2.05, 4.69) is 10.2 Å². The van der Waals surface area contributed by atoms with Crippen molar-refractivity contribution in [3.05, 3.63) is 108 Å². The maximum atomic E-state index is 12.7. The van der Waals surface area contributed by atoms with Crippen LogP contribution in [0.1, 0.15) is 20.7 Å². The average molecular weight is 479 g/mol. The topological polar surface area (TPSA) is 117 Å². The van der Waals surface area contributed by atoms with Crippen molar-refractivity contribution < 1.29 is 9.59 Å². The molecule has 0 unspecified atom stereocenters. The van der Waals surface area contributed by atoms with Crippen LogP contribution in [0.4, 0.5) is 34.1 Å². The van der Waals surface area contributed by atoms with Crippen molar-refractivity contribution in [2.24, 2.45) is 10.2 Å². The molecular weight excluding hydrogens is 452 g/mol. The van der Waals surface area contributed by atoms with Crippen molar-refractivity contribution >= 4 is 45.9 Å². The van der Waals surface area contributed by atoms with Gasteiger partial charge in [-0.15, -0.1) is 0 Å². The zero-order valence-corrected chi connectivity index (χ0v) is 20.0. The van der Waals surface area contributed by atoms with Gasteiger partial charge in [-0.05, 0) is 97.1 Å². The fraction of sp³-hybridized carbons (Fsp3) is 0.0714. The zero-order valence-electron chi connectivity index (χ0n) is 20.0. The van der Waals surface area contributed by atoms with E-state index in [1.807, 2.05) is 24.3 Å². The Morgan fingerprint density at radius 1 is 0.528 bits per heavy atom. The van der Waals surface area contributed by atoms with Crippen LogP contribution in [-0.2, 0) is 0 Å². The number of carbonyl (C=O) groups is 2. The molecule has 0 fully saturated rings. The number of hydrogen-bond acceptors (Lipinski definition) is 6. The monoisotopic (exact) mass is 478 g/mol. The lowest BCUT2D eigenvalue weighted by Crippen LogP contribution is -2.26. The third kappa shape index (κ3) is 5.56. The minimum absolute atomic E-state index is 0.135. The third-order valence-corrected chi connectivity index (χ3v) is 5.68. The first kappa shape index (κ1) is 24.2. The molecule has 0 bridgehead atoms. The summed E-state index contributed by atoms with van der Waals surface area (Å²) in [6.07, 6.45) is 0. The van der Waals surface area contributed by atoms with E-state index >= 15 is 0 Å². The van der Waals surface area contributed by atoms with Gasteiger partial charge in [0.05, 0.1) is 11.4 Å². The molecule has 0 atom stereocenters. The highest BCUT2D eigenvalue weighted by atomic mass is 16.2. The number of benzene rings is 4. The second kappa shape index (κ2) is 10.5. The largest absolute Gasteiger partial charge is 0.399 e. The van der Waals surface area contributed by atoms with Crippen LogP contribution in [0.3, 0.4) is 0 Å². The number of hydrogen-bond donors (Lipinski definition) is 2. The van der Waals surface area contributed by atoms with Gasteiger partial charge in [0.25, 0.3) is 11.8 Å². The second-order valence-corrected chi connectivity index (χ2v) is 8.21. The Morgan fingerprint density at radius 2 is 0.833 bits per heavy atom. The number of amides is 2. The molecule has 4 rings (SSSR count). The standard InChI is InChI=1S/C28H26N6O2/c1-33(27(35)19-3-7-21(29)8-4-19)25-15-11-23(12-16-25)31-32-24-13-17-26(18-14-24)34(2)28(36)20-5-9-22(30)10-6-20/h3-18H,29-30H2,1-2H3. The lowest BCUT2D eigenvalue weighted by molar-refractivity contribution is 0.0985. The minimum Gasteiger partial charge on any atom is -0.399 e. The summed E-state index contributed by atoms with van der Waals surface area (Å²) in [5.41, 5.74) is 16.5. The molecule has 0 aliphatic carbocycles. The Kier molecular flexibility index (Phi) is 7.06. The minimum atomic E-state index is -0.135. The van der Waals surface area contributed by atoms with Crippen molar-refractivity contribution in [1.82, 2.24) is 0 Å². The molecule has 36 heavy (non-hydrogen) atoms. The predicted octanol–water partition coefficient (Wildman–Crippen LogP) is 5.82. The van der Waals surface area contributed by atoms with E-state index in [1.165, 1.54) is 0 Å². The molecule has 0 heterocycles. The lowest BCUT2D eigenvalue weighted by Gasteiger charge is -2.17. The van der Waals surface area contributed by atoms with Gasteiger partial charge in [0, 0.05) is 48.0 Å². The first-order valence-corrected chi connectivity index (χ1v) is 11.2. The van der Waals surface area contributed by atoms with E-state index < -0.39 is 0 Å². The SMILES string of the molecule is CN(C(=O)c1ccc(N)cc1)c1ccc(N=Nc2ccc(N(C)C(=O)c3ccc(N)cc3)cc2)cc1. The number of carbonyl (C=O) groups excluding carboxylic acids is 2. The van der Waals surface area contributed by atoms with Crippen LogP contribution in [0.5, 0.6) is 0 Å². The van der Waals surface area contributed by atoms with Gasteiger partial charge in [-0.3, -0.25) is 9.59 Å². The molecular formula is C28H26N6O2. The molecule has 0 spiro atoms. The zero-order chi connectivity index (χ0) is 25.7. The lowest BCUT2D eigenvalue weighted by atomic mass is 10.1. The van der Waals surface area contributed by atoms with Gasteiger partial charge in [0.15, 0.2) is 0 Å². The number of nitrogens with two attached hydrogens (primary N) is 2. The number of rotatable bonds is 6. The maximum Gasteiger partial charge on any atom is 0.258 e. The van der Waals surface area contributed by atoms with Crippen LogP contribution >= 0.6 is 0 Å². The van der Waals surface area contributed by atoms with Crippen molar-refractivity contribution in [2.45, 2.75) is 0 Å². The number of nitrogen functional groups attached to an aromatic ring is 2. The van der Waals surface area contributed by atoms with Crippen LogP contribution in [-0.4, -0.2) is 25.9 Å². The normalized spacial score (nSPS) is 10.8. The summed E-state index contributed by atoms with van der Waals surface area (Å²) in [6.45, 7) is 0. The van der Waals surface area contributed by atoms with Crippen LogP contribution in [0, 0.1) is 0 Å². The first-order valence-electron chi connectivity index (χ1n) is 11.2. The summed E-state index contributed by atoms with van der Waals surface area (Å²) >= 11 is 0. The Labute approximate surface area is 209 Å². The summed E-state index contributed by atoms with van der Waals surface area (Å²) in [6, 6.07) is 28.0. The highest BCUT2D eigenvalue weighted by molar-refractivity contribution is 6.06. The molecule has 0 aliphatic heterocycles. The van der Waals surface area contributed by atoms with Gasteiger partial charge in [-0.2, -0.15) is 10.2 Å². The fourth-order valence-electron chi connectivity index (χ4n) is 3.47. The summed E-state index contributed by atoms with van der Waals surface area (Å²) in [4.78, 5) is 28.5. The summed E-state index contributed by atoms with van der Waals surface area (Å²) < 4.78 is 0. The van der Waals surface area contributed by atoms with Crippen molar-refractivity contribution in [2.75, 3.05) is 35.4 Å². The third-order valence-electron chi connectivity index (χ3n) is 5.68. The van der Waals surface area contributed by atoms with Gasteiger partial charge in [0.1, 0.15) is 0 Å². The van der Waals surface area contributed by atoms with Crippen molar-refractivity contribution in [3.8, 4) is 0 Å². The Bertz CT molecular complexity index is 1270. The van der Waals surface area contributed by atoms with Crippen molar-refractivity contribution in [3.63, 3.8) is 0 Å². The maximum absolute atomic E-state index is 12.7. The molecule has 2 amide bonds. The molecule has 8 nitrogen and oxygen atoms in total. The quantitative estimate of drug-likeness (QED) is 0.268. The van der Waals surface area contributed by atoms with Gasteiger partial charge >= 0.3 is 0 Å². The van der Waals surface area contributed by atoms with Gasteiger partial charge < -0.3 is 21.3 Å². The van der Waals surface area contributed by atoms with Gasteiger partial charge in [0.2, 0.25) is 0 Å². The molecule has 4 aromatic rings. The van der Waals surface area contributed by atoms with Crippen molar-refractivity contribution in [1.29, 1.82) is 0 Å². The second-order valence-electron chi connectivity index (χ2n) is 8.21. The van der Waals surface area contributed by atoms with E-state index in [1.54, 1.807) is 96.7 Å². The van der Waals surface area contributed by atoms with Crippen LogP contribution in [0.25, 0.3) is 0 Å². The number of nitrogens with zero attached hydrogens (tertiary/aromatic N) is 4. The van der Waals surface area contributed by atoms with Crippen LogP contribution < -0.4 is 21.3 Å². The Hall–Kier alpha value is -4.98. The molecule has 0 saturated carbocycles. The number of anilines is 4.